The van der Waals surface area contributed by atoms with Crippen LogP contribution < -0.4 is 0 Å². The Morgan fingerprint density at radius 3 is 2.37 bits per heavy atom. The number of aryl methyl sites for hydroxylation is 1. The average molecular weight is 243 g/mol. The molecule has 1 nitrogen and oxygen atoms in total. The highest BCUT2D eigenvalue weighted by atomic mass is 14.6. The van der Waals surface area contributed by atoms with Crippen LogP contribution in [-0.4, -0.2) is 4.98 Å². The molecule has 0 atom stereocenters. The summed E-state index contributed by atoms with van der Waals surface area (Å²) in [6.45, 7) is 2.08. The molecular formula is C18H13N. The van der Waals surface area contributed by atoms with Gasteiger partial charge in [0.2, 0.25) is 0 Å². The van der Waals surface area contributed by atoms with Gasteiger partial charge in [0, 0.05) is 28.9 Å². The molecule has 0 saturated heterocycles. The number of hydrogen-bond acceptors (Lipinski definition) is 1. The molecule has 0 amide bonds. The third-order valence-corrected chi connectivity index (χ3v) is 3.04. The zero-order valence-electron chi connectivity index (χ0n) is 10.7. The smallest absolute Gasteiger partial charge is 0.0346 e. The van der Waals surface area contributed by atoms with Gasteiger partial charge in [-0.1, -0.05) is 35.6 Å². The van der Waals surface area contributed by atoms with Crippen molar-refractivity contribution in [3.63, 3.8) is 0 Å². The Morgan fingerprint density at radius 2 is 1.53 bits per heavy atom. The Kier molecular flexibility index (Phi) is 3.00. The van der Waals surface area contributed by atoms with Crippen molar-refractivity contribution >= 4 is 10.8 Å². The molecule has 0 aliphatic rings. The van der Waals surface area contributed by atoms with Gasteiger partial charge < -0.3 is 0 Å². The predicted octanol–water partition coefficient (Wildman–Crippen LogP) is 3.94. The van der Waals surface area contributed by atoms with E-state index in [4.69, 9.17) is 0 Å². The summed E-state index contributed by atoms with van der Waals surface area (Å²) in [5, 5.41) is 2.31. The summed E-state index contributed by atoms with van der Waals surface area (Å²) < 4.78 is 0. The third kappa shape index (κ3) is 2.64. The van der Waals surface area contributed by atoms with Crippen LogP contribution in [0.5, 0.6) is 0 Å². The van der Waals surface area contributed by atoms with Crippen LogP contribution in [0.1, 0.15) is 16.7 Å². The van der Waals surface area contributed by atoms with E-state index in [1.54, 1.807) is 6.20 Å². The highest BCUT2D eigenvalue weighted by molar-refractivity contribution is 5.82. The first-order chi connectivity index (χ1) is 9.31. The Labute approximate surface area is 112 Å². The van der Waals surface area contributed by atoms with E-state index in [1.165, 1.54) is 10.9 Å². The van der Waals surface area contributed by atoms with Gasteiger partial charge in [-0.25, -0.2) is 0 Å². The number of rotatable bonds is 0. The van der Waals surface area contributed by atoms with Gasteiger partial charge in [0.1, 0.15) is 0 Å². The van der Waals surface area contributed by atoms with Gasteiger partial charge in [-0.3, -0.25) is 4.98 Å². The zero-order valence-corrected chi connectivity index (χ0v) is 10.7. The molecular weight excluding hydrogens is 230 g/mol. The van der Waals surface area contributed by atoms with Gasteiger partial charge >= 0.3 is 0 Å². The molecule has 0 bridgehead atoms. The van der Waals surface area contributed by atoms with Crippen LogP contribution in [0.4, 0.5) is 0 Å². The summed E-state index contributed by atoms with van der Waals surface area (Å²) in [5.41, 5.74) is 3.31. The number of aromatic nitrogens is 1. The summed E-state index contributed by atoms with van der Waals surface area (Å²) in [6.07, 6.45) is 3.67. The summed E-state index contributed by atoms with van der Waals surface area (Å²) in [6, 6.07) is 16.5. The fourth-order valence-corrected chi connectivity index (χ4v) is 1.94. The maximum atomic E-state index is 4.13. The lowest BCUT2D eigenvalue weighted by atomic mass is 10.1. The molecule has 3 aromatic rings. The van der Waals surface area contributed by atoms with Crippen molar-refractivity contribution < 1.29 is 0 Å². The molecule has 1 aromatic heterocycles. The van der Waals surface area contributed by atoms with Crippen molar-refractivity contribution in [2.24, 2.45) is 0 Å². The van der Waals surface area contributed by atoms with E-state index in [0.29, 0.717) is 0 Å². The van der Waals surface area contributed by atoms with Crippen molar-refractivity contribution in [2.45, 2.75) is 6.92 Å². The summed E-state index contributed by atoms with van der Waals surface area (Å²) in [5.74, 6) is 6.38. The summed E-state index contributed by atoms with van der Waals surface area (Å²) in [7, 11) is 0. The average Bonchev–Trinajstić information content (AvgIpc) is 2.46. The van der Waals surface area contributed by atoms with Crippen LogP contribution in [0.25, 0.3) is 10.8 Å². The Morgan fingerprint density at radius 1 is 0.789 bits per heavy atom. The summed E-state index contributed by atoms with van der Waals surface area (Å²) in [4.78, 5) is 4.13. The normalized spacial score (nSPS) is 9.95. The molecule has 0 aliphatic carbocycles. The number of fused-ring (bicyclic) bond motifs is 1. The highest BCUT2D eigenvalue weighted by Gasteiger charge is 1.93. The quantitative estimate of drug-likeness (QED) is 0.545. The molecule has 0 N–H and O–H groups in total. The number of benzene rings is 2. The van der Waals surface area contributed by atoms with E-state index >= 15 is 0 Å². The van der Waals surface area contributed by atoms with Crippen molar-refractivity contribution in [3.8, 4) is 11.8 Å². The largest absolute Gasteiger partial charge is 0.264 e. The van der Waals surface area contributed by atoms with Gasteiger partial charge in [0.15, 0.2) is 0 Å². The number of nitrogens with zero attached hydrogens (tertiary/aromatic N) is 1. The molecule has 0 radical (unpaired) electrons. The van der Waals surface area contributed by atoms with Crippen LogP contribution in [0.3, 0.4) is 0 Å². The lowest BCUT2D eigenvalue weighted by Crippen LogP contribution is -1.79. The first-order valence-electron chi connectivity index (χ1n) is 6.24. The number of hydrogen-bond donors (Lipinski definition) is 0. The van der Waals surface area contributed by atoms with Crippen molar-refractivity contribution in [2.75, 3.05) is 0 Å². The fraction of sp³-hybridized carbons (Fsp3) is 0.0556. The monoisotopic (exact) mass is 243 g/mol. The zero-order chi connectivity index (χ0) is 13.1. The minimum atomic E-state index is 1.01. The summed E-state index contributed by atoms with van der Waals surface area (Å²) >= 11 is 0. The van der Waals surface area contributed by atoms with E-state index in [0.717, 1.165) is 16.5 Å². The van der Waals surface area contributed by atoms with Gasteiger partial charge in [0.05, 0.1) is 0 Å². The lowest BCUT2D eigenvalue weighted by Gasteiger charge is -1.97. The maximum Gasteiger partial charge on any atom is 0.0346 e. The van der Waals surface area contributed by atoms with Gasteiger partial charge in [0.25, 0.3) is 0 Å². The lowest BCUT2D eigenvalue weighted by molar-refractivity contribution is 1.36. The molecule has 19 heavy (non-hydrogen) atoms. The van der Waals surface area contributed by atoms with E-state index in [9.17, 15) is 0 Å². The van der Waals surface area contributed by atoms with Gasteiger partial charge in [-0.05, 0) is 42.6 Å². The van der Waals surface area contributed by atoms with Crippen molar-refractivity contribution in [1.82, 2.24) is 4.98 Å². The van der Waals surface area contributed by atoms with Gasteiger partial charge in [-0.15, -0.1) is 0 Å². The second kappa shape index (κ2) is 4.96. The van der Waals surface area contributed by atoms with Crippen LogP contribution in [0.15, 0.2) is 60.9 Å². The van der Waals surface area contributed by atoms with E-state index in [1.807, 2.05) is 30.5 Å². The highest BCUT2D eigenvalue weighted by Crippen LogP contribution is 2.13. The maximum absolute atomic E-state index is 4.13. The first-order valence-corrected chi connectivity index (χ1v) is 6.24. The standard InChI is InChI=1S/C18H13N/c1-14-2-4-15(5-3-14)6-7-16-8-9-17-10-11-19-13-18(17)12-16/h2-5,8-13H,1H3. The predicted molar refractivity (Wildman–Crippen MR) is 78.9 cm³/mol. The van der Waals surface area contributed by atoms with Crippen LogP contribution in [0, 0.1) is 18.8 Å². The Balaban J connectivity index is 1.95. The molecule has 1 heterocycles. The Hall–Kier alpha value is -2.59. The number of pyridine rings is 1. The first kappa shape index (κ1) is 11.5. The SMILES string of the molecule is Cc1ccc(C#Cc2ccc3ccncc3c2)cc1. The Bertz CT molecular complexity index is 774. The fourth-order valence-electron chi connectivity index (χ4n) is 1.94. The molecule has 90 valence electrons. The molecule has 1 heteroatoms. The molecule has 0 fully saturated rings. The molecule has 0 unspecified atom stereocenters. The van der Waals surface area contributed by atoms with Crippen LogP contribution in [0.2, 0.25) is 0 Å². The molecule has 3 rings (SSSR count). The minimum Gasteiger partial charge on any atom is -0.264 e. The third-order valence-electron chi connectivity index (χ3n) is 3.04. The second-order valence-electron chi connectivity index (χ2n) is 4.55. The molecule has 0 spiro atoms. The topological polar surface area (TPSA) is 12.9 Å². The second-order valence-corrected chi connectivity index (χ2v) is 4.55. The van der Waals surface area contributed by atoms with E-state index < -0.39 is 0 Å². The molecule has 0 saturated carbocycles. The molecule has 2 aromatic carbocycles. The van der Waals surface area contributed by atoms with Gasteiger partial charge in [-0.2, -0.15) is 0 Å². The minimum absolute atomic E-state index is 1.01. The van der Waals surface area contributed by atoms with E-state index in [-0.39, 0.29) is 0 Å². The van der Waals surface area contributed by atoms with Crippen molar-refractivity contribution in [1.29, 1.82) is 0 Å². The van der Waals surface area contributed by atoms with Crippen LogP contribution >= 0.6 is 0 Å². The van der Waals surface area contributed by atoms with E-state index in [2.05, 4.69) is 48.0 Å². The van der Waals surface area contributed by atoms with Crippen LogP contribution in [-0.2, 0) is 0 Å². The molecule has 0 aliphatic heterocycles. The van der Waals surface area contributed by atoms with Crippen molar-refractivity contribution in [3.05, 3.63) is 77.6 Å².